The van der Waals surface area contributed by atoms with E-state index in [1.165, 1.54) is 16.4 Å². The van der Waals surface area contributed by atoms with E-state index in [4.69, 9.17) is 23.2 Å². The molecule has 1 aliphatic heterocycles. The number of nitro groups is 1. The van der Waals surface area contributed by atoms with Crippen molar-refractivity contribution >= 4 is 38.9 Å². The fourth-order valence-corrected chi connectivity index (χ4v) is 4.43. The first kappa shape index (κ1) is 16.4. The first-order chi connectivity index (χ1) is 9.85. The Morgan fingerprint density at radius 3 is 2.62 bits per heavy atom. The molecule has 0 bridgehead atoms. The number of hydrogen-bond donors (Lipinski definition) is 1. The highest BCUT2D eigenvalue weighted by Gasteiger charge is 2.32. The van der Waals surface area contributed by atoms with Crippen LogP contribution in [0.15, 0.2) is 17.0 Å². The van der Waals surface area contributed by atoms with Gasteiger partial charge >= 0.3 is 5.69 Å². The number of benzene rings is 1. The molecule has 1 aliphatic rings. The number of rotatable bonds is 3. The predicted molar refractivity (Wildman–Crippen MR) is 79.4 cm³/mol. The molecule has 0 spiro atoms. The van der Waals surface area contributed by atoms with Crippen LogP contribution in [0.4, 0.5) is 5.69 Å². The third-order valence-corrected chi connectivity index (χ3v) is 5.87. The van der Waals surface area contributed by atoms with E-state index in [2.05, 4.69) is 5.32 Å². The van der Waals surface area contributed by atoms with E-state index in [-0.39, 0.29) is 16.5 Å². The third kappa shape index (κ3) is 3.29. The Bertz CT molecular complexity index is 658. The molecule has 116 valence electrons. The van der Waals surface area contributed by atoms with Gasteiger partial charge in [0.15, 0.2) is 0 Å². The van der Waals surface area contributed by atoms with E-state index < -0.39 is 25.7 Å². The Labute approximate surface area is 132 Å². The molecule has 1 aromatic carbocycles. The van der Waals surface area contributed by atoms with Crippen LogP contribution in [0, 0.1) is 10.1 Å². The minimum absolute atomic E-state index is 0.193. The summed E-state index contributed by atoms with van der Waals surface area (Å²) in [7, 11) is -3.89. The van der Waals surface area contributed by atoms with Gasteiger partial charge in [0.05, 0.1) is 4.92 Å². The maximum atomic E-state index is 12.6. The van der Waals surface area contributed by atoms with Gasteiger partial charge in [-0.1, -0.05) is 23.2 Å². The van der Waals surface area contributed by atoms with Gasteiger partial charge in [-0.3, -0.25) is 10.1 Å². The van der Waals surface area contributed by atoms with Gasteiger partial charge < -0.3 is 5.32 Å². The third-order valence-electron chi connectivity index (χ3n) is 3.13. The van der Waals surface area contributed by atoms with Crippen LogP contribution in [-0.2, 0) is 10.0 Å². The van der Waals surface area contributed by atoms with Crippen LogP contribution in [0.25, 0.3) is 0 Å². The lowest BCUT2D eigenvalue weighted by atomic mass is 10.3. The molecule has 0 aromatic heterocycles. The van der Waals surface area contributed by atoms with Gasteiger partial charge in [0.25, 0.3) is 0 Å². The molecular formula is C11H13Cl2N3O4S. The van der Waals surface area contributed by atoms with E-state index >= 15 is 0 Å². The molecular weight excluding hydrogens is 341 g/mol. The molecule has 2 rings (SSSR count). The van der Waals surface area contributed by atoms with Crippen molar-refractivity contribution in [3.63, 3.8) is 0 Å². The Balaban J connectivity index is 2.49. The summed E-state index contributed by atoms with van der Waals surface area (Å²) >= 11 is 11.6. The molecule has 1 saturated heterocycles. The summed E-state index contributed by atoms with van der Waals surface area (Å²) in [5, 5.41) is 13.4. The second kappa shape index (κ2) is 6.45. The zero-order valence-electron chi connectivity index (χ0n) is 10.9. The lowest BCUT2D eigenvalue weighted by Crippen LogP contribution is -2.34. The molecule has 0 saturated carbocycles. The molecule has 1 aromatic rings. The lowest BCUT2D eigenvalue weighted by molar-refractivity contribution is -0.384. The Hall–Kier alpha value is -0.930. The molecule has 0 amide bonds. The SMILES string of the molecule is O=[N+]([O-])c1c(Cl)ccc(S(=O)(=O)N2CCCNCC2)c1Cl. The first-order valence-electron chi connectivity index (χ1n) is 6.19. The molecule has 0 radical (unpaired) electrons. The van der Waals surface area contributed by atoms with E-state index in [1.54, 1.807) is 0 Å². The van der Waals surface area contributed by atoms with E-state index in [0.717, 1.165) is 6.54 Å². The number of sulfonamides is 1. The average Bonchev–Trinajstić information content (AvgIpc) is 2.67. The molecule has 1 fully saturated rings. The van der Waals surface area contributed by atoms with Gasteiger partial charge in [-0.25, -0.2) is 8.42 Å². The van der Waals surface area contributed by atoms with Crippen molar-refractivity contribution < 1.29 is 13.3 Å². The minimum Gasteiger partial charge on any atom is -0.315 e. The monoisotopic (exact) mass is 353 g/mol. The van der Waals surface area contributed by atoms with E-state index in [1.807, 2.05) is 0 Å². The zero-order valence-corrected chi connectivity index (χ0v) is 13.2. The molecule has 1 heterocycles. The van der Waals surface area contributed by atoms with Crippen LogP contribution >= 0.6 is 23.2 Å². The summed E-state index contributed by atoms with van der Waals surface area (Å²) in [5.41, 5.74) is -0.590. The highest BCUT2D eigenvalue weighted by atomic mass is 35.5. The zero-order chi connectivity index (χ0) is 15.6. The summed E-state index contributed by atoms with van der Waals surface area (Å²) in [4.78, 5) is 9.90. The summed E-state index contributed by atoms with van der Waals surface area (Å²) in [6.45, 7) is 1.87. The second-order valence-corrected chi connectivity index (χ2v) is 7.16. The van der Waals surface area contributed by atoms with Gasteiger partial charge in [0.2, 0.25) is 10.0 Å². The second-order valence-electron chi connectivity index (χ2n) is 4.47. The van der Waals surface area contributed by atoms with Crippen LogP contribution in [0.3, 0.4) is 0 Å². The number of nitrogens with zero attached hydrogens (tertiary/aromatic N) is 2. The molecule has 21 heavy (non-hydrogen) atoms. The highest BCUT2D eigenvalue weighted by Crippen LogP contribution is 2.38. The fourth-order valence-electron chi connectivity index (χ4n) is 2.09. The number of halogens is 2. The molecule has 0 atom stereocenters. The summed E-state index contributed by atoms with van der Waals surface area (Å²) in [6.07, 6.45) is 0.659. The number of nitrogens with one attached hydrogen (secondary N) is 1. The molecule has 0 aliphatic carbocycles. The van der Waals surface area contributed by atoms with Crippen LogP contribution < -0.4 is 5.32 Å². The molecule has 10 heteroatoms. The normalized spacial score (nSPS) is 17.4. The van der Waals surface area contributed by atoms with Crippen molar-refractivity contribution in [3.8, 4) is 0 Å². The van der Waals surface area contributed by atoms with Gasteiger partial charge in [0, 0.05) is 19.6 Å². The fraction of sp³-hybridized carbons (Fsp3) is 0.455. The van der Waals surface area contributed by atoms with Crippen molar-refractivity contribution in [1.82, 2.24) is 9.62 Å². The van der Waals surface area contributed by atoms with Crippen LogP contribution in [0.2, 0.25) is 10.0 Å². The Morgan fingerprint density at radius 1 is 1.24 bits per heavy atom. The highest BCUT2D eigenvalue weighted by molar-refractivity contribution is 7.89. The average molecular weight is 354 g/mol. The quantitative estimate of drug-likeness (QED) is 0.661. The van der Waals surface area contributed by atoms with Gasteiger partial charge in [-0.2, -0.15) is 4.31 Å². The predicted octanol–water partition coefficient (Wildman–Crippen LogP) is 1.89. The maximum absolute atomic E-state index is 12.6. The largest absolute Gasteiger partial charge is 0.315 e. The minimum atomic E-state index is -3.89. The van der Waals surface area contributed by atoms with Crippen molar-refractivity contribution in [3.05, 3.63) is 32.3 Å². The standard InChI is InChI=1S/C11H13Cl2N3O4S/c12-8-2-3-9(10(13)11(8)16(17)18)21(19,20)15-6-1-4-14-5-7-15/h2-3,14H,1,4-7H2. The van der Waals surface area contributed by atoms with Crippen LogP contribution in [0.5, 0.6) is 0 Å². The van der Waals surface area contributed by atoms with Crippen LogP contribution in [0.1, 0.15) is 6.42 Å². The lowest BCUT2D eigenvalue weighted by Gasteiger charge is -2.20. The van der Waals surface area contributed by atoms with Crippen molar-refractivity contribution in [2.45, 2.75) is 11.3 Å². The summed E-state index contributed by atoms with van der Waals surface area (Å²) in [5.74, 6) is 0. The van der Waals surface area contributed by atoms with Crippen LogP contribution in [-0.4, -0.2) is 43.8 Å². The van der Waals surface area contributed by atoms with Gasteiger partial charge in [-0.05, 0) is 25.1 Å². The topological polar surface area (TPSA) is 92.5 Å². The molecule has 0 unspecified atom stereocenters. The van der Waals surface area contributed by atoms with Crippen molar-refractivity contribution in [2.75, 3.05) is 26.2 Å². The number of hydrogen-bond acceptors (Lipinski definition) is 5. The van der Waals surface area contributed by atoms with Crippen molar-refractivity contribution in [1.29, 1.82) is 0 Å². The van der Waals surface area contributed by atoms with E-state index in [0.29, 0.717) is 19.5 Å². The Morgan fingerprint density at radius 2 is 1.95 bits per heavy atom. The molecule has 7 nitrogen and oxygen atoms in total. The number of nitro benzene ring substituents is 1. The maximum Gasteiger partial charge on any atom is 0.307 e. The smallest absolute Gasteiger partial charge is 0.307 e. The van der Waals surface area contributed by atoms with Crippen molar-refractivity contribution in [2.24, 2.45) is 0 Å². The Kier molecular flexibility index (Phi) is 5.05. The summed E-state index contributed by atoms with van der Waals surface area (Å²) < 4.78 is 26.5. The summed E-state index contributed by atoms with van der Waals surface area (Å²) in [6, 6.07) is 2.37. The van der Waals surface area contributed by atoms with Gasteiger partial charge in [-0.15, -0.1) is 0 Å². The first-order valence-corrected chi connectivity index (χ1v) is 8.38. The van der Waals surface area contributed by atoms with Gasteiger partial charge in [0.1, 0.15) is 14.9 Å². The molecule has 1 N–H and O–H groups in total. The van der Waals surface area contributed by atoms with E-state index in [9.17, 15) is 18.5 Å².